The molecule has 0 aromatic heterocycles. The lowest BCUT2D eigenvalue weighted by Gasteiger charge is -2.24. The fraction of sp³-hybridized carbons (Fsp3) is 0.462. The van der Waals surface area contributed by atoms with E-state index in [1.54, 1.807) is 24.0 Å². The van der Waals surface area contributed by atoms with Crippen LogP contribution in [0.15, 0.2) is 24.3 Å². The SMILES string of the molecule is C[C@@H](N)C(=O)N(Cc1ccc(F)cc1)C1CC1.Cl. The fourth-order valence-electron chi connectivity index (χ4n) is 1.82. The fourth-order valence-corrected chi connectivity index (χ4v) is 1.82. The highest BCUT2D eigenvalue weighted by atomic mass is 35.5. The van der Waals surface area contributed by atoms with Crippen molar-refractivity contribution in [3.05, 3.63) is 35.6 Å². The summed E-state index contributed by atoms with van der Waals surface area (Å²) in [6, 6.07) is 6.08. The van der Waals surface area contributed by atoms with Crippen molar-refractivity contribution >= 4 is 18.3 Å². The van der Waals surface area contributed by atoms with Crippen LogP contribution in [-0.2, 0) is 11.3 Å². The number of halogens is 2. The van der Waals surface area contributed by atoms with Gasteiger partial charge >= 0.3 is 0 Å². The van der Waals surface area contributed by atoms with E-state index >= 15 is 0 Å². The van der Waals surface area contributed by atoms with Crippen molar-refractivity contribution in [2.75, 3.05) is 0 Å². The lowest BCUT2D eigenvalue weighted by atomic mass is 10.2. The average molecular weight is 273 g/mol. The average Bonchev–Trinajstić information content (AvgIpc) is 3.11. The zero-order chi connectivity index (χ0) is 12.4. The second kappa shape index (κ2) is 6.16. The Morgan fingerprint density at radius 2 is 2.00 bits per heavy atom. The van der Waals surface area contributed by atoms with Gasteiger partial charge in [0.15, 0.2) is 0 Å². The number of carbonyl (C=O) groups is 1. The zero-order valence-corrected chi connectivity index (χ0v) is 11.1. The molecule has 2 rings (SSSR count). The van der Waals surface area contributed by atoms with E-state index in [0.29, 0.717) is 12.6 Å². The van der Waals surface area contributed by atoms with Crippen molar-refractivity contribution in [2.24, 2.45) is 5.73 Å². The quantitative estimate of drug-likeness (QED) is 0.912. The van der Waals surface area contributed by atoms with Crippen LogP contribution in [0.3, 0.4) is 0 Å². The number of nitrogens with zero attached hydrogens (tertiary/aromatic N) is 1. The molecule has 0 heterocycles. The minimum atomic E-state index is -0.476. The van der Waals surface area contributed by atoms with Gasteiger partial charge in [-0.05, 0) is 37.5 Å². The second-order valence-corrected chi connectivity index (χ2v) is 4.61. The van der Waals surface area contributed by atoms with Gasteiger partial charge in [0.2, 0.25) is 5.91 Å². The predicted octanol–water partition coefficient (Wildman–Crippen LogP) is 2.09. The highest BCUT2D eigenvalue weighted by molar-refractivity contribution is 5.85. The van der Waals surface area contributed by atoms with Crippen molar-refractivity contribution in [3.8, 4) is 0 Å². The minimum Gasteiger partial charge on any atom is -0.334 e. The van der Waals surface area contributed by atoms with Gasteiger partial charge in [0.1, 0.15) is 5.82 Å². The van der Waals surface area contributed by atoms with Gasteiger partial charge in [-0.15, -0.1) is 12.4 Å². The van der Waals surface area contributed by atoms with E-state index in [-0.39, 0.29) is 24.1 Å². The Balaban J connectivity index is 0.00000162. The Kier molecular flexibility index (Phi) is 5.11. The first-order valence-corrected chi connectivity index (χ1v) is 5.88. The van der Waals surface area contributed by atoms with Gasteiger partial charge in [-0.2, -0.15) is 0 Å². The van der Waals surface area contributed by atoms with Crippen LogP contribution in [0, 0.1) is 5.82 Å². The highest BCUT2D eigenvalue weighted by Gasteiger charge is 2.33. The first-order chi connectivity index (χ1) is 8.08. The third-order valence-corrected chi connectivity index (χ3v) is 2.93. The van der Waals surface area contributed by atoms with Crippen LogP contribution in [0.25, 0.3) is 0 Å². The van der Waals surface area contributed by atoms with E-state index in [1.807, 2.05) is 0 Å². The van der Waals surface area contributed by atoms with Crippen molar-refractivity contribution in [2.45, 2.75) is 38.4 Å². The molecule has 1 aromatic carbocycles. The Morgan fingerprint density at radius 3 is 2.44 bits per heavy atom. The molecule has 1 atom stereocenters. The molecule has 1 saturated carbocycles. The maximum Gasteiger partial charge on any atom is 0.239 e. The standard InChI is InChI=1S/C13H17FN2O.ClH/c1-9(15)13(17)16(12-6-7-12)8-10-2-4-11(14)5-3-10;/h2-5,9,12H,6-8,15H2,1H3;1H/t9-;/m1./s1. The van der Waals surface area contributed by atoms with Crippen LogP contribution in [0.1, 0.15) is 25.3 Å². The summed E-state index contributed by atoms with van der Waals surface area (Å²) in [4.78, 5) is 13.7. The summed E-state index contributed by atoms with van der Waals surface area (Å²) >= 11 is 0. The van der Waals surface area contributed by atoms with Crippen molar-refractivity contribution in [3.63, 3.8) is 0 Å². The summed E-state index contributed by atoms with van der Waals surface area (Å²) in [5, 5.41) is 0. The maximum absolute atomic E-state index is 12.8. The topological polar surface area (TPSA) is 46.3 Å². The molecule has 3 nitrogen and oxygen atoms in total. The van der Waals surface area contributed by atoms with Gasteiger partial charge < -0.3 is 10.6 Å². The third kappa shape index (κ3) is 3.68. The second-order valence-electron chi connectivity index (χ2n) is 4.61. The Morgan fingerprint density at radius 1 is 1.44 bits per heavy atom. The molecule has 1 aliphatic rings. The molecule has 2 N–H and O–H groups in total. The van der Waals surface area contributed by atoms with E-state index in [2.05, 4.69) is 0 Å². The zero-order valence-electron chi connectivity index (χ0n) is 10.3. The third-order valence-electron chi connectivity index (χ3n) is 2.93. The largest absolute Gasteiger partial charge is 0.334 e. The Hall–Kier alpha value is -1.13. The normalized spacial score (nSPS) is 15.7. The first-order valence-electron chi connectivity index (χ1n) is 5.88. The van der Waals surface area contributed by atoms with Crippen molar-refractivity contribution in [1.29, 1.82) is 0 Å². The molecule has 0 spiro atoms. The van der Waals surface area contributed by atoms with E-state index < -0.39 is 6.04 Å². The summed E-state index contributed by atoms with van der Waals surface area (Å²) in [5.41, 5.74) is 6.57. The summed E-state index contributed by atoms with van der Waals surface area (Å²) in [6.07, 6.45) is 2.08. The lowest BCUT2D eigenvalue weighted by Crippen LogP contribution is -2.42. The Bertz CT molecular complexity index is 404. The molecule has 0 bridgehead atoms. The molecule has 1 amide bonds. The van der Waals surface area contributed by atoms with Crippen LogP contribution in [0.4, 0.5) is 4.39 Å². The number of carbonyl (C=O) groups excluding carboxylic acids is 1. The number of benzene rings is 1. The summed E-state index contributed by atoms with van der Waals surface area (Å²) in [7, 11) is 0. The number of nitrogens with two attached hydrogens (primary N) is 1. The van der Waals surface area contributed by atoms with E-state index in [9.17, 15) is 9.18 Å². The monoisotopic (exact) mass is 272 g/mol. The maximum atomic E-state index is 12.8. The molecule has 5 heteroatoms. The van der Waals surface area contributed by atoms with E-state index in [4.69, 9.17) is 5.73 Å². The molecular formula is C13H18ClFN2O. The molecule has 0 unspecified atom stereocenters. The van der Waals surface area contributed by atoms with Crippen LogP contribution < -0.4 is 5.73 Å². The number of rotatable bonds is 4. The number of hydrogen-bond donors (Lipinski definition) is 1. The van der Waals surface area contributed by atoms with Crippen LogP contribution >= 0.6 is 12.4 Å². The first kappa shape index (κ1) is 14.9. The molecule has 0 radical (unpaired) electrons. The van der Waals surface area contributed by atoms with Gasteiger partial charge in [-0.25, -0.2) is 4.39 Å². The van der Waals surface area contributed by atoms with Crippen LogP contribution in [-0.4, -0.2) is 22.9 Å². The molecule has 1 aliphatic carbocycles. The van der Waals surface area contributed by atoms with Gasteiger partial charge in [0, 0.05) is 12.6 Å². The van der Waals surface area contributed by atoms with Gasteiger partial charge in [0.25, 0.3) is 0 Å². The van der Waals surface area contributed by atoms with E-state index in [0.717, 1.165) is 18.4 Å². The smallest absolute Gasteiger partial charge is 0.239 e. The highest BCUT2D eigenvalue weighted by Crippen LogP contribution is 2.28. The predicted molar refractivity (Wildman–Crippen MR) is 70.9 cm³/mol. The molecule has 1 fully saturated rings. The van der Waals surface area contributed by atoms with Gasteiger partial charge in [-0.1, -0.05) is 12.1 Å². The number of amides is 1. The summed E-state index contributed by atoms with van der Waals surface area (Å²) < 4.78 is 12.8. The molecule has 0 saturated heterocycles. The Labute approximate surface area is 113 Å². The van der Waals surface area contributed by atoms with Crippen LogP contribution in [0.5, 0.6) is 0 Å². The summed E-state index contributed by atoms with van der Waals surface area (Å²) in [5.74, 6) is -0.290. The van der Waals surface area contributed by atoms with Gasteiger partial charge in [0.05, 0.1) is 6.04 Å². The molecule has 0 aliphatic heterocycles. The van der Waals surface area contributed by atoms with Crippen LogP contribution in [0.2, 0.25) is 0 Å². The van der Waals surface area contributed by atoms with Crippen molar-refractivity contribution < 1.29 is 9.18 Å². The molecule has 18 heavy (non-hydrogen) atoms. The van der Waals surface area contributed by atoms with Gasteiger partial charge in [-0.3, -0.25) is 4.79 Å². The molecule has 100 valence electrons. The van der Waals surface area contributed by atoms with E-state index in [1.165, 1.54) is 12.1 Å². The molecule has 1 aromatic rings. The molecular weight excluding hydrogens is 255 g/mol. The van der Waals surface area contributed by atoms with Crippen molar-refractivity contribution in [1.82, 2.24) is 4.90 Å². The minimum absolute atomic E-state index is 0. The lowest BCUT2D eigenvalue weighted by molar-refractivity contribution is -0.133. The number of hydrogen-bond acceptors (Lipinski definition) is 2. The summed E-state index contributed by atoms with van der Waals surface area (Å²) in [6.45, 7) is 2.22.